The van der Waals surface area contributed by atoms with Gasteiger partial charge in [0.2, 0.25) is 0 Å². The van der Waals surface area contributed by atoms with Crippen LogP contribution >= 0.6 is 27.5 Å². The van der Waals surface area contributed by atoms with Gasteiger partial charge in [-0.05, 0) is 41.4 Å². The molecule has 1 unspecified atom stereocenters. The van der Waals surface area contributed by atoms with Crippen molar-refractivity contribution in [2.45, 2.75) is 25.3 Å². The van der Waals surface area contributed by atoms with Crippen LogP contribution in [-0.4, -0.2) is 42.1 Å². The minimum atomic E-state index is 0.689. The van der Waals surface area contributed by atoms with Crippen LogP contribution in [0.3, 0.4) is 0 Å². The lowest BCUT2D eigenvalue weighted by Crippen LogP contribution is -2.55. The third-order valence-corrected chi connectivity index (χ3v) is 4.64. The molecular formula is C13H17BrClN3. The van der Waals surface area contributed by atoms with Crippen molar-refractivity contribution >= 4 is 33.3 Å². The molecule has 1 aromatic rings. The Kier molecular flexibility index (Phi) is 3.78. The van der Waals surface area contributed by atoms with Crippen molar-refractivity contribution in [3.05, 3.63) is 21.8 Å². The van der Waals surface area contributed by atoms with Crippen molar-refractivity contribution in [3.63, 3.8) is 0 Å². The van der Waals surface area contributed by atoms with E-state index < -0.39 is 0 Å². The molecule has 0 saturated carbocycles. The number of piperidine rings is 1. The van der Waals surface area contributed by atoms with Gasteiger partial charge in [-0.3, -0.25) is 4.90 Å². The SMILES string of the molecule is Clc1cc(Br)cnc1N1CCN2CCCCC2C1. The van der Waals surface area contributed by atoms with E-state index in [9.17, 15) is 0 Å². The smallest absolute Gasteiger partial charge is 0.147 e. The Hall–Kier alpha value is -0.320. The minimum absolute atomic E-state index is 0.689. The molecule has 2 saturated heterocycles. The molecule has 3 rings (SSSR count). The Morgan fingerprint density at radius 2 is 2.17 bits per heavy atom. The summed E-state index contributed by atoms with van der Waals surface area (Å²) in [6, 6.07) is 2.62. The predicted octanol–water partition coefficient (Wildman–Crippen LogP) is 3.17. The summed E-state index contributed by atoms with van der Waals surface area (Å²) >= 11 is 9.69. The van der Waals surface area contributed by atoms with Crippen LogP contribution in [0.1, 0.15) is 19.3 Å². The number of nitrogens with zero attached hydrogens (tertiary/aromatic N) is 3. The molecule has 2 aliphatic rings. The quantitative estimate of drug-likeness (QED) is 0.788. The van der Waals surface area contributed by atoms with E-state index in [4.69, 9.17) is 11.6 Å². The van der Waals surface area contributed by atoms with Crippen molar-refractivity contribution < 1.29 is 0 Å². The van der Waals surface area contributed by atoms with Gasteiger partial charge in [-0.15, -0.1) is 0 Å². The summed E-state index contributed by atoms with van der Waals surface area (Å²) in [5.74, 6) is 0.935. The molecule has 0 spiro atoms. The number of fused-ring (bicyclic) bond motifs is 1. The summed E-state index contributed by atoms with van der Waals surface area (Å²) < 4.78 is 0.938. The summed E-state index contributed by atoms with van der Waals surface area (Å²) in [5, 5.41) is 0.744. The van der Waals surface area contributed by atoms with Gasteiger partial charge in [0.05, 0.1) is 5.02 Å². The molecular weight excluding hydrogens is 314 g/mol. The average molecular weight is 331 g/mol. The Morgan fingerprint density at radius 1 is 1.28 bits per heavy atom. The van der Waals surface area contributed by atoms with Gasteiger partial charge in [0.1, 0.15) is 5.82 Å². The fourth-order valence-corrected chi connectivity index (χ4v) is 3.74. The van der Waals surface area contributed by atoms with Gasteiger partial charge in [-0.1, -0.05) is 18.0 Å². The average Bonchev–Trinajstić information content (AvgIpc) is 2.38. The monoisotopic (exact) mass is 329 g/mol. The van der Waals surface area contributed by atoms with E-state index in [1.165, 1.54) is 25.8 Å². The molecule has 5 heteroatoms. The number of anilines is 1. The topological polar surface area (TPSA) is 19.4 Å². The van der Waals surface area contributed by atoms with Crippen molar-refractivity contribution in [3.8, 4) is 0 Å². The molecule has 0 radical (unpaired) electrons. The van der Waals surface area contributed by atoms with E-state index in [0.717, 1.165) is 34.9 Å². The molecule has 1 aromatic heterocycles. The van der Waals surface area contributed by atoms with Gasteiger partial charge in [0.25, 0.3) is 0 Å². The van der Waals surface area contributed by atoms with E-state index in [1.807, 2.05) is 12.3 Å². The molecule has 0 N–H and O–H groups in total. The molecule has 2 aliphatic heterocycles. The number of hydrogen-bond donors (Lipinski definition) is 0. The van der Waals surface area contributed by atoms with Gasteiger partial charge in [-0.25, -0.2) is 4.98 Å². The van der Waals surface area contributed by atoms with Crippen LogP contribution in [0.5, 0.6) is 0 Å². The van der Waals surface area contributed by atoms with E-state index in [-0.39, 0.29) is 0 Å². The maximum absolute atomic E-state index is 6.29. The fourth-order valence-electron chi connectivity index (χ4n) is 2.99. The first-order valence-corrected chi connectivity index (χ1v) is 7.71. The van der Waals surface area contributed by atoms with Gasteiger partial charge in [0.15, 0.2) is 0 Å². The zero-order valence-corrected chi connectivity index (χ0v) is 12.6. The van der Waals surface area contributed by atoms with E-state index >= 15 is 0 Å². The van der Waals surface area contributed by atoms with Crippen molar-refractivity contribution in [2.24, 2.45) is 0 Å². The second kappa shape index (κ2) is 5.35. The van der Waals surface area contributed by atoms with Crippen LogP contribution < -0.4 is 4.90 Å². The first-order valence-electron chi connectivity index (χ1n) is 6.54. The lowest BCUT2D eigenvalue weighted by atomic mass is 9.99. The number of rotatable bonds is 1. The second-order valence-electron chi connectivity index (χ2n) is 5.09. The molecule has 0 amide bonds. The lowest BCUT2D eigenvalue weighted by Gasteiger charge is -2.44. The number of hydrogen-bond acceptors (Lipinski definition) is 3. The van der Waals surface area contributed by atoms with Crippen LogP contribution in [0.15, 0.2) is 16.7 Å². The summed E-state index contributed by atoms with van der Waals surface area (Å²) in [7, 11) is 0. The Labute approximate surface area is 121 Å². The number of halogens is 2. The maximum Gasteiger partial charge on any atom is 0.147 e. The predicted molar refractivity (Wildman–Crippen MR) is 78.4 cm³/mol. The maximum atomic E-state index is 6.29. The number of aromatic nitrogens is 1. The Bertz CT molecular complexity index is 440. The second-order valence-corrected chi connectivity index (χ2v) is 6.41. The van der Waals surface area contributed by atoms with Gasteiger partial charge >= 0.3 is 0 Å². The first kappa shape index (κ1) is 12.7. The van der Waals surface area contributed by atoms with Gasteiger partial charge < -0.3 is 4.90 Å². The molecule has 0 aromatic carbocycles. The van der Waals surface area contributed by atoms with Crippen LogP contribution in [0.4, 0.5) is 5.82 Å². The van der Waals surface area contributed by atoms with Crippen molar-refractivity contribution in [1.82, 2.24) is 9.88 Å². The highest BCUT2D eigenvalue weighted by Gasteiger charge is 2.30. The summed E-state index contributed by atoms with van der Waals surface area (Å²) in [4.78, 5) is 9.42. The summed E-state index contributed by atoms with van der Waals surface area (Å²) in [6.45, 7) is 4.50. The van der Waals surface area contributed by atoms with Crippen molar-refractivity contribution in [1.29, 1.82) is 0 Å². The summed E-state index contributed by atoms with van der Waals surface area (Å²) in [6.07, 6.45) is 5.85. The molecule has 98 valence electrons. The van der Waals surface area contributed by atoms with Crippen LogP contribution in [0.25, 0.3) is 0 Å². The number of pyridine rings is 1. The molecule has 0 bridgehead atoms. The van der Waals surface area contributed by atoms with Crippen LogP contribution in [0.2, 0.25) is 5.02 Å². The molecule has 3 nitrogen and oxygen atoms in total. The fraction of sp³-hybridized carbons (Fsp3) is 0.615. The van der Waals surface area contributed by atoms with Crippen LogP contribution in [0, 0.1) is 0 Å². The van der Waals surface area contributed by atoms with Crippen molar-refractivity contribution in [2.75, 3.05) is 31.1 Å². The molecule has 0 aliphatic carbocycles. The highest BCUT2D eigenvalue weighted by atomic mass is 79.9. The first-order chi connectivity index (χ1) is 8.74. The third-order valence-electron chi connectivity index (χ3n) is 3.93. The number of piperazine rings is 1. The Morgan fingerprint density at radius 3 is 3.00 bits per heavy atom. The zero-order chi connectivity index (χ0) is 12.5. The van der Waals surface area contributed by atoms with Crippen LogP contribution in [-0.2, 0) is 0 Å². The highest BCUT2D eigenvalue weighted by molar-refractivity contribution is 9.10. The molecule has 1 atom stereocenters. The minimum Gasteiger partial charge on any atom is -0.353 e. The summed E-state index contributed by atoms with van der Waals surface area (Å²) in [5.41, 5.74) is 0. The molecule has 3 heterocycles. The zero-order valence-electron chi connectivity index (χ0n) is 10.3. The standard InChI is InChI=1S/C13H17BrClN3/c14-10-7-12(15)13(16-8-10)18-6-5-17-4-2-1-3-11(17)9-18/h7-8,11H,1-6,9H2. The molecule has 2 fully saturated rings. The normalized spacial score (nSPS) is 25.0. The molecule has 18 heavy (non-hydrogen) atoms. The van der Waals surface area contributed by atoms with Gasteiger partial charge in [0, 0.05) is 36.3 Å². The van der Waals surface area contributed by atoms with E-state index in [2.05, 4.69) is 30.7 Å². The van der Waals surface area contributed by atoms with E-state index in [1.54, 1.807) is 0 Å². The Balaban J connectivity index is 1.77. The largest absolute Gasteiger partial charge is 0.353 e. The highest BCUT2D eigenvalue weighted by Crippen LogP contribution is 2.29. The van der Waals surface area contributed by atoms with Gasteiger partial charge in [-0.2, -0.15) is 0 Å². The lowest BCUT2D eigenvalue weighted by molar-refractivity contribution is 0.133. The third kappa shape index (κ3) is 2.51. The van der Waals surface area contributed by atoms with E-state index in [0.29, 0.717) is 6.04 Å².